The van der Waals surface area contributed by atoms with Crippen LogP contribution in [0.25, 0.3) is 0 Å². The molecule has 1 aliphatic rings. The molecule has 0 radical (unpaired) electrons. The van der Waals surface area contributed by atoms with Crippen LogP contribution < -0.4 is 5.73 Å². The van der Waals surface area contributed by atoms with E-state index in [1.165, 1.54) is 12.8 Å². The first-order valence-electron chi connectivity index (χ1n) is 6.24. The van der Waals surface area contributed by atoms with Gasteiger partial charge < -0.3 is 5.73 Å². The normalized spacial score (nSPS) is 22.2. The number of likely N-dealkylation sites (tertiary alicyclic amines) is 1. The van der Waals surface area contributed by atoms with Gasteiger partial charge in [-0.15, -0.1) is 0 Å². The van der Waals surface area contributed by atoms with Crippen LogP contribution in [0.1, 0.15) is 24.3 Å². The van der Waals surface area contributed by atoms with Crippen LogP contribution in [-0.4, -0.2) is 30.6 Å². The zero-order valence-corrected chi connectivity index (χ0v) is 10.0. The van der Waals surface area contributed by atoms with Crippen molar-refractivity contribution in [1.82, 2.24) is 4.90 Å². The van der Waals surface area contributed by atoms with E-state index in [1.807, 2.05) is 30.3 Å². The van der Waals surface area contributed by atoms with Crippen molar-refractivity contribution in [3.8, 4) is 6.07 Å². The molecule has 0 bridgehead atoms. The summed E-state index contributed by atoms with van der Waals surface area (Å²) in [5, 5.41) is 9.29. The number of nitrogens with zero attached hydrogens (tertiary/aromatic N) is 2. The van der Waals surface area contributed by atoms with Gasteiger partial charge in [0.1, 0.15) is 0 Å². The van der Waals surface area contributed by atoms with Crippen LogP contribution >= 0.6 is 0 Å². The van der Waals surface area contributed by atoms with E-state index in [1.54, 1.807) is 0 Å². The molecule has 0 aliphatic carbocycles. The predicted octanol–water partition coefficient (Wildman–Crippen LogP) is 1.72. The minimum Gasteiger partial charge on any atom is -0.329 e. The number of nitriles is 1. The standard InChI is InChI=1S/C14H19N3/c15-9-13(12-5-2-1-3-6-12)11-17-8-4-7-14(17)10-16/h1-3,5-6,13-14H,4,7-8,10-11,16H2. The highest BCUT2D eigenvalue weighted by molar-refractivity contribution is 5.25. The number of rotatable bonds is 4. The fraction of sp³-hybridized carbons (Fsp3) is 0.500. The second-order valence-corrected chi connectivity index (χ2v) is 4.62. The van der Waals surface area contributed by atoms with Crippen molar-refractivity contribution < 1.29 is 0 Å². The van der Waals surface area contributed by atoms with Gasteiger partial charge in [-0.25, -0.2) is 0 Å². The number of benzene rings is 1. The zero-order valence-electron chi connectivity index (χ0n) is 10.0. The molecule has 0 amide bonds. The Bertz CT molecular complexity index is 382. The summed E-state index contributed by atoms with van der Waals surface area (Å²) in [5.74, 6) is -0.0386. The van der Waals surface area contributed by atoms with E-state index in [2.05, 4.69) is 11.0 Å². The summed E-state index contributed by atoms with van der Waals surface area (Å²) in [7, 11) is 0. The van der Waals surface area contributed by atoms with E-state index in [0.29, 0.717) is 12.6 Å². The molecular weight excluding hydrogens is 210 g/mol. The van der Waals surface area contributed by atoms with Crippen LogP contribution in [0.15, 0.2) is 30.3 Å². The van der Waals surface area contributed by atoms with Crippen molar-refractivity contribution in [3.63, 3.8) is 0 Å². The fourth-order valence-electron chi connectivity index (χ4n) is 2.54. The first kappa shape index (κ1) is 12.1. The molecule has 0 spiro atoms. The lowest BCUT2D eigenvalue weighted by Crippen LogP contribution is -2.37. The van der Waals surface area contributed by atoms with Crippen molar-refractivity contribution in [3.05, 3.63) is 35.9 Å². The Kier molecular flexibility index (Phi) is 4.13. The molecular formula is C14H19N3. The number of hydrogen-bond acceptors (Lipinski definition) is 3. The summed E-state index contributed by atoms with van der Waals surface area (Å²) in [6, 6.07) is 12.9. The van der Waals surface area contributed by atoms with Crippen LogP contribution in [-0.2, 0) is 0 Å². The van der Waals surface area contributed by atoms with Gasteiger partial charge >= 0.3 is 0 Å². The van der Waals surface area contributed by atoms with E-state index in [-0.39, 0.29) is 5.92 Å². The Morgan fingerprint density at radius 2 is 2.18 bits per heavy atom. The molecule has 90 valence electrons. The smallest absolute Gasteiger partial charge is 0.0839 e. The van der Waals surface area contributed by atoms with Crippen molar-refractivity contribution in [1.29, 1.82) is 5.26 Å². The number of hydrogen-bond donors (Lipinski definition) is 1. The molecule has 2 rings (SSSR count). The summed E-state index contributed by atoms with van der Waals surface area (Å²) >= 11 is 0. The highest BCUT2D eigenvalue weighted by Crippen LogP contribution is 2.22. The second-order valence-electron chi connectivity index (χ2n) is 4.62. The van der Waals surface area contributed by atoms with Crippen LogP contribution in [0.4, 0.5) is 0 Å². The van der Waals surface area contributed by atoms with Crippen molar-refractivity contribution in [2.45, 2.75) is 24.8 Å². The van der Waals surface area contributed by atoms with E-state index in [0.717, 1.165) is 18.7 Å². The number of nitrogens with two attached hydrogens (primary N) is 1. The molecule has 2 N–H and O–H groups in total. The minimum absolute atomic E-state index is 0.0386. The van der Waals surface area contributed by atoms with E-state index >= 15 is 0 Å². The molecule has 0 aromatic heterocycles. The molecule has 2 atom stereocenters. The van der Waals surface area contributed by atoms with Gasteiger partial charge in [-0.1, -0.05) is 30.3 Å². The van der Waals surface area contributed by atoms with Gasteiger partial charge in [0.05, 0.1) is 12.0 Å². The maximum Gasteiger partial charge on any atom is 0.0839 e. The summed E-state index contributed by atoms with van der Waals surface area (Å²) < 4.78 is 0. The molecule has 3 nitrogen and oxygen atoms in total. The lowest BCUT2D eigenvalue weighted by molar-refractivity contribution is 0.254. The highest BCUT2D eigenvalue weighted by Gasteiger charge is 2.26. The average Bonchev–Trinajstić information content (AvgIpc) is 2.84. The monoisotopic (exact) mass is 229 g/mol. The highest BCUT2D eigenvalue weighted by atomic mass is 15.2. The van der Waals surface area contributed by atoms with Crippen LogP contribution in [0, 0.1) is 11.3 Å². The first-order valence-corrected chi connectivity index (χ1v) is 6.24. The van der Waals surface area contributed by atoms with Crippen LogP contribution in [0.5, 0.6) is 0 Å². The summed E-state index contributed by atoms with van der Waals surface area (Å²) in [6.07, 6.45) is 2.37. The fourth-order valence-corrected chi connectivity index (χ4v) is 2.54. The van der Waals surface area contributed by atoms with Gasteiger partial charge in [0, 0.05) is 19.1 Å². The molecule has 3 heteroatoms. The second kappa shape index (κ2) is 5.81. The molecule has 1 aromatic carbocycles. The van der Waals surface area contributed by atoms with Gasteiger partial charge in [-0.3, -0.25) is 4.90 Å². The summed E-state index contributed by atoms with van der Waals surface area (Å²) in [5.41, 5.74) is 6.86. The van der Waals surface area contributed by atoms with Gasteiger partial charge in [-0.05, 0) is 24.9 Å². The van der Waals surface area contributed by atoms with E-state index in [4.69, 9.17) is 5.73 Å². The van der Waals surface area contributed by atoms with Crippen molar-refractivity contribution in [2.75, 3.05) is 19.6 Å². The molecule has 2 unspecified atom stereocenters. The van der Waals surface area contributed by atoms with Crippen molar-refractivity contribution >= 4 is 0 Å². The Balaban J connectivity index is 2.04. The lowest BCUT2D eigenvalue weighted by Gasteiger charge is -2.25. The molecule has 1 fully saturated rings. The van der Waals surface area contributed by atoms with Gasteiger partial charge in [0.2, 0.25) is 0 Å². The third kappa shape index (κ3) is 2.85. The minimum atomic E-state index is -0.0386. The predicted molar refractivity (Wildman–Crippen MR) is 68.4 cm³/mol. The SMILES string of the molecule is N#CC(CN1CCCC1CN)c1ccccc1. The van der Waals surface area contributed by atoms with Gasteiger partial charge in [0.15, 0.2) is 0 Å². The molecule has 1 aromatic rings. The third-order valence-electron chi connectivity index (χ3n) is 3.55. The van der Waals surface area contributed by atoms with Crippen LogP contribution in [0.2, 0.25) is 0 Å². The Morgan fingerprint density at radius 3 is 2.82 bits per heavy atom. The van der Waals surface area contributed by atoms with Crippen LogP contribution in [0.3, 0.4) is 0 Å². The largest absolute Gasteiger partial charge is 0.329 e. The van der Waals surface area contributed by atoms with E-state index < -0.39 is 0 Å². The summed E-state index contributed by atoms with van der Waals surface area (Å²) in [6.45, 7) is 2.59. The van der Waals surface area contributed by atoms with E-state index in [9.17, 15) is 5.26 Å². The zero-order chi connectivity index (χ0) is 12.1. The maximum atomic E-state index is 9.29. The Morgan fingerprint density at radius 1 is 1.41 bits per heavy atom. The average molecular weight is 229 g/mol. The quantitative estimate of drug-likeness (QED) is 0.855. The Hall–Kier alpha value is -1.37. The first-order chi connectivity index (χ1) is 8.35. The summed E-state index contributed by atoms with van der Waals surface area (Å²) in [4.78, 5) is 2.36. The topological polar surface area (TPSA) is 53.0 Å². The van der Waals surface area contributed by atoms with Crippen molar-refractivity contribution in [2.24, 2.45) is 5.73 Å². The maximum absolute atomic E-state index is 9.29. The third-order valence-corrected chi connectivity index (χ3v) is 3.55. The molecule has 1 aliphatic heterocycles. The molecule has 1 heterocycles. The van der Waals surface area contributed by atoms with Gasteiger partial charge in [0.25, 0.3) is 0 Å². The molecule has 0 saturated carbocycles. The molecule has 1 saturated heterocycles. The Labute approximate surface area is 103 Å². The lowest BCUT2D eigenvalue weighted by atomic mass is 10.00. The molecule has 17 heavy (non-hydrogen) atoms. The van der Waals surface area contributed by atoms with Gasteiger partial charge in [-0.2, -0.15) is 5.26 Å².